The van der Waals surface area contributed by atoms with Gasteiger partial charge in [0.2, 0.25) is 5.91 Å². The minimum atomic E-state index is -3.85. The maximum absolute atomic E-state index is 12.8. The summed E-state index contributed by atoms with van der Waals surface area (Å²) in [5.41, 5.74) is 1.49. The molecule has 0 aromatic heterocycles. The maximum Gasteiger partial charge on any atom is 0.261 e. The first kappa shape index (κ1) is 18.5. The Labute approximate surface area is 157 Å². The summed E-state index contributed by atoms with van der Waals surface area (Å²) in [5.74, 6) is 0.312. The minimum Gasteiger partial charge on any atom is -0.487 e. The third kappa shape index (κ3) is 3.50. The Kier molecular flexibility index (Phi) is 4.86. The van der Waals surface area contributed by atoms with Crippen LogP contribution >= 0.6 is 11.6 Å². The van der Waals surface area contributed by atoms with Gasteiger partial charge in [0.1, 0.15) is 11.9 Å². The lowest BCUT2D eigenvalue weighted by Crippen LogP contribution is -2.41. The molecule has 6 nitrogen and oxygen atoms in total. The van der Waals surface area contributed by atoms with Crippen molar-refractivity contribution < 1.29 is 17.9 Å². The fraction of sp³-hybridized carbons (Fsp3) is 0.278. The van der Waals surface area contributed by atoms with Gasteiger partial charge in [-0.1, -0.05) is 17.7 Å². The molecule has 8 heteroatoms. The van der Waals surface area contributed by atoms with Crippen LogP contribution in [0, 0.1) is 6.92 Å². The highest BCUT2D eigenvalue weighted by Crippen LogP contribution is 2.36. The molecule has 0 fully saturated rings. The normalized spacial score (nSPS) is 16.6. The molecule has 0 saturated carbocycles. The van der Waals surface area contributed by atoms with E-state index in [1.54, 1.807) is 31.2 Å². The summed E-state index contributed by atoms with van der Waals surface area (Å²) in [6, 6.07) is 9.48. The average molecular weight is 395 g/mol. The lowest BCUT2D eigenvalue weighted by atomic mass is 10.2. The summed E-state index contributed by atoms with van der Waals surface area (Å²) in [6.07, 6.45) is -0.166. The summed E-state index contributed by atoms with van der Waals surface area (Å²) in [7, 11) is -3.85. The van der Waals surface area contributed by atoms with Crippen LogP contribution in [0.4, 0.5) is 11.4 Å². The van der Waals surface area contributed by atoms with E-state index >= 15 is 0 Å². The lowest BCUT2D eigenvalue weighted by molar-refractivity contribution is -0.117. The number of hydrogen-bond acceptors (Lipinski definition) is 4. The van der Waals surface area contributed by atoms with Gasteiger partial charge in [0.25, 0.3) is 10.0 Å². The number of sulfonamides is 1. The number of fused-ring (bicyclic) bond motifs is 1. The Morgan fingerprint density at radius 2 is 2.04 bits per heavy atom. The first-order chi connectivity index (χ1) is 12.2. The van der Waals surface area contributed by atoms with E-state index < -0.39 is 10.0 Å². The molecule has 1 aliphatic rings. The van der Waals surface area contributed by atoms with Crippen LogP contribution in [0.1, 0.15) is 19.4 Å². The smallest absolute Gasteiger partial charge is 0.261 e. The molecule has 1 unspecified atom stereocenters. The fourth-order valence-corrected chi connectivity index (χ4v) is 4.12. The highest BCUT2D eigenvalue weighted by molar-refractivity contribution is 7.92. The van der Waals surface area contributed by atoms with Crippen molar-refractivity contribution in [1.29, 1.82) is 0 Å². The largest absolute Gasteiger partial charge is 0.487 e. The highest BCUT2D eigenvalue weighted by Gasteiger charge is 2.28. The molecule has 1 amide bonds. The molecule has 2 aromatic carbocycles. The maximum atomic E-state index is 12.8. The van der Waals surface area contributed by atoms with Crippen molar-refractivity contribution in [3.63, 3.8) is 0 Å². The van der Waals surface area contributed by atoms with Crippen LogP contribution in [-0.2, 0) is 14.8 Å². The van der Waals surface area contributed by atoms with E-state index in [0.717, 1.165) is 0 Å². The van der Waals surface area contributed by atoms with E-state index in [2.05, 4.69) is 4.72 Å². The van der Waals surface area contributed by atoms with E-state index in [0.29, 0.717) is 34.3 Å². The van der Waals surface area contributed by atoms with Crippen molar-refractivity contribution in [3.05, 3.63) is 47.0 Å². The van der Waals surface area contributed by atoms with Gasteiger partial charge in [-0.3, -0.25) is 9.52 Å². The van der Waals surface area contributed by atoms with Crippen LogP contribution in [0.15, 0.2) is 41.3 Å². The van der Waals surface area contributed by atoms with Crippen molar-refractivity contribution in [1.82, 2.24) is 0 Å². The number of amides is 1. The second-order valence-electron chi connectivity index (χ2n) is 6.21. The zero-order valence-electron chi connectivity index (χ0n) is 14.6. The van der Waals surface area contributed by atoms with Crippen LogP contribution in [0.5, 0.6) is 5.75 Å². The molecular weight excluding hydrogens is 376 g/mol. The topological polar surface area (TPSA) is 75.7 Å². The molecular formula is C18H19ClN2O4S. The fourth-order valence-electron chi connectivity index (χ4n) is 2.80. The third-order valence-electron chi connectivity index (χ3n) is 4.19. The number of nitrogens with one attached hydrogen (secondary N) is 1. The quantitative estimate of drug-likeness (QED) is 0.863. The Balaban J connectivity index is 2.00. The zero-order valence-corrected chi connectivity index (χ0v) is 16.2. The first-order valence-electron chi connectivity index (χ1n) is 8.06. The van der Waals surface area contributed by atoms with Gasteiger partial charge in [-0.25, -0.2) is 8.42 Å². The van der Waals surface area contributed by atoms with Gasteiger partial charge in [0.15, 0.2) is 0 Å². The molecule has 26 heavy (non-hydrogen) atoms. The Hall–Kier alpha value is -2.25. The molecule has 1 aliphatic heterocycles. The Bertz CT molecular complexity index is 975. The molecule has 1 atom stereocenters. The number of halogens is 1. The molecule has 0 spiro atoms. The number of carbonyl (C=O) groups is 1. The van der Waals surface area contributed by atoms with E-state index in [-0.39, 0.29) is 16.9 Å². The Morgan fingerprint density at radius 1 is 1.31 bits per heavy atom. The monoisotopic (exact) mass is 394 g/mol. The van der Waals surface area contributed by atoms with Crippen molar-refractivity contribution >= 4 is 38.9 Å². The number of hydrogen-bond donors (Lipinski definition) is 1. The van der Waals surface area contributed by atoms with Gasteiger partial charge in [-0.2, -0.15) is 0 Å². The number of anilines is 2. The van der Waals surface area contributed by atoms with E-state index in [1.807, 2.05) is 6.92 Å². The van der Waals surface area contributed by atoms with Crippen LogP contribution in [0.2, 0.25) is 5.02 Å². The number of ether oxygens (including phenoxy) is 1. The first-order valence-corrected chi connectivity index (χ1v) is 9.92. The van der Waals surface area contributed by atoms with Gasteiger partial charge >= 0.3 is 0 Å². The molecule has 1 heterocycles. The zero-order chi connectivity index (χ0) is 19.1. The predicted molar refractivity (Wildman–Crippen MR) is 102 cm³/mol. The van der Waals surface area contributed by atoms with Crippen LogP contribution < -0.4 is 14.4 Å². The van der Waals surface area contributed by atoms with Gasteiger partial charge in [-0.05, 0) is 49.7 Å². The molecule has 3 rings (SSSR count). The van der Waals surface area contributed by atoms with Crippen molar-refractivity contribution in [2.45, 2.75) is 31.8 Å². The second kappa shape index (κ2) is 6.81. The number of nitrogens with zero attached hydrogens (tertiary/aromatic N) is 1. The molecule has 0 saturated heterocycles. The SMILES string of the molecule is CC(=O)N1CC(C)Oc2ccc(S(=O)(=O)Nc3cccc(Cl)c3C)cc21. The summed E-state index contributed by atoms with van der Waals surface area (Å²) in [5, 5.41) is 0.473. The van der Waals surface area contributed by atoms with Gasteiger partial charge in [-0.15, -0.1) is 0 Å². The molecule has 138 valence electrons. The van der Waals surface area contributed by atoms with E-state index in [1.165, 1.54) is 24.0 Å². The summed E-state index contributed by atoms with van der Waals surface area (Å²) < 4.78 is 33.8. The average Bonchev–Trinajstić information content (AvgIpc) is 2.57. The number of benzene rings is 2. The van der Waals surface area contributed by atoms with E-state index in [4.69, 9.17) is 16.3 Å². The molecule has 2 aromatic rings. The third-order valence-corrected chi connectivity index (χ3v) is 5.96. The van der Waals surface area contributed by atoms with Crippen LogP contribution in [-0.4, -0.2) is 27.0 Å². The van der Waals surface area contributed by atoms with Crippen molar-refractivity contribution in [3.8, 4) is 5.75 Å². The van der Waals surface area contributed by atoms with Gasteiger partial charge < -0.3 is 9.64 Å². The van der Waals surface area contributed by atoms with Crippen molar-refractivity contribution in [2.24, 2.45) is 0 Å². The van der Waals surface area contributed by atoms with Crippen LogP contribution in [0.25, 0.3) is 0 Å². The highest BCUT2D eigenvalue weighted by atomic mass is 35.5. The van der Waals surface area contributed by atoms with Gasteiger partial charge in [0, 0.05) is 11.9 Å². The minimum absolute atomic E-state index is 0.0417. The lowest BCUT2D eigenvalue weighted by Gasteiger charge is -2.33. The summed E-state index contributed by atoms with van der Waals surface area (Å²) >= 11 is 6.06. The number of carbonyl (C=O) groups excluding carboxylic acids is 1. The number of rotatable bonds is 3. The predicted octanol–water partition coefficient (Wildman–Crippen LogP) is 3.58. The summed E-state index contributed by atoms with van der Waals surface area (Å²) in [4.78, 5) is 13.5. The Morgan fingerprint density at radius 3 is 2.73 bits per heavy atom. The molecule has 0 bridgehead atoms. The van der Waals surface area contributed by atoms with Gasteiger partial charge in [0.05, 0.1) is 22.8 Å². The molecule has 0 aliphatic carbocycles. The van der Waals surface area contributed by atoms with Crippen molar-refractivity contribution in [2.75, 3.05) is 16.2 Å². The second-order valence-corrected chi connectivity index (χ2v) is 8.30. The summed E-state index contributed by atoms with van der Waals surface area (Å²) in [6.45, 7) is 5.40. The standard InChI is InChI=1S/C18H19ClN2O4S/c1-11-10-21(13(3)22)17-9-14(7-8-18(17)25-11)26(23,24)20-16-6-4-5-15(19)12(16)2/h4-9,11,20H,10H2,1-3H3. The van der Waals surface area contributed by atoms with E-state index in [9.17, 15) is 13.2 Å². The molecule has 0 radical (unpaired) electrons. The molecule has 1 N–H and O–H groups in total. The van der Waals surface area contributed by atoms with Crippen LogP contribution in [0.3, 0.4) is 0 Å².